The molecule has 118 valence electrons. The van der Waals surface area contributed by atoms with Gasteiger partial charge in [-0.05, 0) is 50.6 Å². The van der Waals surface area contributed by atoms with E-state index in [4.69, 9.17) is 9.47 Å². The molecular weight excluding hydrogens is 292 g/mol. The minimum absolute atomic E-state index is 0. The number of halogens is 1. The van der Waals surface area contributed by atoms with Gasteiger partial charge in [0.15, 0.2) is 6.61 Å². The number of rotatable bonds is 7. The second-order valence-corrected chi connectivity index (χ2v) is 4.79. The van der Waals surface area contributed by atoms with Crippen molar-refractivity contribution in [2.75, 3.05) is 26.3 Å². The van der Waals surface area contributed by atoms with Gasteiger partial charge in [0.05, 0.1) is 6.61 Å². The number of amides is 1. The first-order chi connectivity index (χ1) is 9.78. The maximum atomic E-state index is 11.7. The molecule has 2 rings (SSSR count). The summed E-state index contributed by atoms with van der Waals surface area (Å²) in [4.78, 5) is 11.7. The van der Waals surface area contributed by atoms with Crippen LogP contribution in [0.1, 0.15) is 19.8 Å². The molecule has 1 atom stereocenters. The molecule has 21 heavy (non-hydrogen) atoms. The molecule has 1 saturated heterocycles. The van der Waals surface area contributed by atoms with Gasteiger partial charge in [-0.1, -0.05) is 0 Å². The largest absolute Gasteiger partial charge is 0.494 e. The van der Waals surface area contributed by atoms with E-state index in [0.717, 1.165) is 18.7 Å². The topological polar surface area (TPSA) is 59.6 Å². The van der Waals surface area contributed by atoms with Crippen LogP contribution < -0.4 is 20.1 Å². The minimum Gasteiger partial charge on any atom is -0.494 e. The number of ether oxygens (including phenoxy) is 2. The van der Waals surface area contributed by atoms with Gasteiger partial charge in [0.25, 0.3) is 5.91 Å². The lowest BCUT2D eigenvalue weighted by Gasteiger charge is -2.12. The molecule has 0 radical (unpaired) electrons. The monoisotopic (exact) mass is 314 g/mol. The van der Waals surface area contributed by atoms with Gasteiger partial charge in [0.1, 0.15) is 11.5 Å². The molecule has 0 aliphatic carbocycles. The molecule has 1 heterocycles. The number of hydrogen-bond donors (Lipinski definition) is 2. The number of carbonyl (C=O) groups is 1. The van der Waals surface area contributed by atoms with Crippen molar-refractivity contribution in [1.82, 2.24) is 10.6 Å². The Labute approximate surface area is 131 Å². The predicted octanol–water partition coefficient (Wildman–Crippen LogP) is 1.75. The van der Waals surface area contributed by atoms with Crippen LogP contribution in [-0.4, -0.2) is 38.3 Å². The zero-order valence-corrected chi connectivity index (χ0v) is 13.1. The Kier molecular flexibility index (Phi) is 7.93. The van der Waals surface area contributed by atoms with E-state index in [-0.39, 0.29) is 24.9 Å². The van der Waals surface area contributed by atoms with Crippen LogP contribution in [0.15, 0.2) is 24.3 Å². The molecule has 0 bridgehead atoms. The molecule has 6 heteroatoms. The molecule has 0 spiro atoms. The lowest BCUT2D eigenvalue weighted by molar-refractivity contribution is -0.123. The molecule has 2 N–H and O–H groups in total. The third-order valence-corrected chi connectivity index (χ3v) is 3.21. The lowest BCUT2D eigenvalue weighted by Crippen LogP contribution is -2.39. The highest BCUT2D eigenvalue weighted by molar-refractivity contribution is 5.85. The SMILES string of the molecule is CCOc1ccc(OCC(=O)NCC2CCCN2)cc1.Cl. The summed E-state index contributed by atoms with van der Waals surface area (Å²) in [6, 6.07) is 7.68. The summed E-state index contributed by atoms with van der Waals surface area (Å²) in [7, 11) is 0. The fraction of sp³-hybridized carbons (Fsp3) is 0.533. The van der Waals surface area contributed by atoms with E-state index >= 15 is 0 Å². The van der Waals surface area contributed by atoms with E-state index in [1.165, 1.54) is 6.42 Å². The first-order valence-electron chi connectivity index (χ1n) is 7.13. The molecule has 0 saturated carbocycles. The molecule has 1 fully saturated rings. The highest BCUT2D eigenvalue weighted by atomic mass is 35.5. The maximum absolute atomic E-state index is 11.7. The van der Waals surface area contributed by atoms with E-state index in [0.29, 0.717) is 24.9 Å². The predicted molar refractivity (Wildman–Crippen MR) is 84.4 cm³/mol. The Balaban J connectivity index is 0.00000220. The number of carbonyl (C=O) groups excluding carboxylic acids is 1. The van der Waals surface area contributed by atoms with Crippen molar-refractivity contribution in [3.8, 4) is 11.5 Å². The van der Waals surface area contributed by atoms with Crippen molar-refractivity contribution in [2.24, 2.45) is 0 Å². The van der Waals surface area contributed by atoms with Gasteiger partial charge in [-0.3, -0.25) is 4.79 Å². The smallest absolute Gasteiger partial charge is 0.257 e. The molecule has 1 aromatic rings. The minimum atomic E-state index is -0.0902. The summed E-state index contributed by atoms with van der Waals surface area (Å²) in [5.41, 5.74) is 0. The number of nitrogens with one attached hydrogen (secondary N) is 2. The van der Waals surface area contributed by atoms with Crippen LogP contribution in [0, 0.1) is 0 Å². The Bertz CT molecular complexity index is 419. The fourth-order valence-electron chi connectivity index (χ4n) is 2.17. The summed E-state index contributed by atoms with van der Waals surface area (Å²) in [6.45, 7) is 4.33. The zero-order valence-electron chi connectivity index (χ0n) is 12.3. The van der Waals surface area contributed by atoms with Crippen molar-refractivity contribution in [1.29, 1.82) is 0 Å². The van der Waals surface area contributed by atoms with E-state index in [1.807, 2.05) is 19.1 Å². The molecular formula is C15H23ClN2O3. The highest BCUT2D eigenvalue weighted by Crippen LogP contribution is 2.17. The second-order valence-electron chi connectivity index (χ2n) is 4.79. The Morgan fingerprint density at radius 1 is 1.29 bits per heavy atom. The van der Waals surface area contributed by atoms with Gasteiger partial charge in [0.2, 0.25) is 0 Å². The van der Waals surface area contributed by atoms with Crippen LogP contribution in [0.25, 0.3) is 0 Å². The van der Waals surface area contributed by atoms with Gasteiger partial charge in [-0.15, -0.1) is 12.4 Å². The van der Waals surface area contributed by atoms with Crippen LogP contribution in [0.4, 0.5) is 0 Å². The molecule has 1 aliphatic rings. The average molecular weight is 315 g/mol. The van der Waals surface area contributed by atoms with E-state index in [9.17, 15) is 4.79 Å². The van der Waals surface area contributed by atoms with Crippen LogP contribution in [-0.2, 0) is 4.79 Å². The maximum Gasteiger partial charge on any atom is 0.257 e. The second kappa shape index (κ2) is 9.47. The Morgan fingerprint density at radius 2 is 1.95 bits per heavy atom. The number of hydrogen-bond acceptors (Lipinski definition) is 4. The first kappa shape index (κ1) is 17.6. The summed E-state index contributed by atoms with van der Waals surface area (Å²) in [5, 5.41) is 6.21. The molecule has 1 aromatic carbocycles. The normalized spacial score (nSPS) is 16.9. The third kappa shape index (κ3) is 6.23. The molecule has 5 nitrogen and oxygen atoms in total. The fourth-order valence-corrected chi connectivity index (χ4v) is 2.17. The van der Waals surface area contributed by atoms with Crippen molar-refractivity contribution >= 4 is 18.3 Å². The molecule has 1 unspecified atom stereocenters. The summed E-state index contributed by atoms with van der Waals surface area (Å²) in [6.07, 6.45) is 2.31. The van der Waals surface area contributed by atoms with Crippen LogP contribution in [0.5, 0.6) is 11.5 Å². The average Bonchev–Trinajstić information content (AvgIpc) is 2.98. The number of benzene rings is 1. The lowest BCUT2D eigenvalue weighted by atomic mass is 10.2. The first-order valence-corrected chi connectivity index (χ1v) is 7.13. The van der Waals surface area contributed by atoms with Crippen LogP contribution in [0.2, 0.25) is 0 Å². The van der Waals surface area contributed by atoms with Crippen LogP contribution in [0.3, 0.4) is 0 Å². The zero-order chi connectivity index (χ0) is 14.2. The van der Waals surface area contributed by atoms with Crippen molar-refractivity contribution < 1.29 is 14.3 Å². The summed E-state index contributed by atoms with van der Waals surface area (Å²) in [5.74, 6) is 1.38. The molecule has 0 aromatic heterocycles. The quantitative estimate of drug-likeness (QED) is 0.805. The van der Waals surface area contributed by atoms with Gasteiger partial charge in [-0.2, -0.15) is 0 Å². The standard InChI is InChI=1S/C15H22N2O3.ClH/c1-2-19-13-5-7-14(8-6-13)20-11-15(18)17-10-12-4-3-9-16-12;/h5-8,12,16H,2-4,9-11H2,1H3,(H,17,18);1H. The molecule has 1 aliphatic heterocycles. The van der Waals surface area contributed by atoms with Crippen molar-refractivity contribution in [2.45, 2.75) is 25.8 Å². The Morgan fingerprint density at radius 3 is 2.52 bits per heavy atom. The summed E-state index contributed by atoms with van der Waals surface area (Å²) >= 11 is 0. The van der Waals surface area contributed by atoms with E-state index < -0.39 is 0 Å². The third-order valence-electron chi connectivity index (χ3n) is 3.21. The van der Waals surface area contributed by atoms with E-state index in [1.54, 1.807) is 12.1 Å². The van der Waals surface area contributed by atoms with Crippen LogP contribution >= 0.6 is 12.4 Å². The highest BCUT2D eigenvalue weighted by Gasteiger charge is 2.14. The Hall–Kier alpha value is -1.46. The van der Waals surface area contributed by atoms with Gasteiger partial charge in [-0.25, -0.2) is 0 Å². The summed E-state index contributed by atoms with van der Waals surface area (Å²) < 4.78 is 10.8. The van der Waals surface area contributed by atoms with Crippen molar-refractivity contribution in [3.05, 3.63) is 24.3 Å². The van der Waals surface area contributed by atoms with Gasteiger partial charge in [0, 0.05) is 12.6 Å². The van der Waals surface area contributed by atoms with Crippen molar-refractivity contribution in [3.63, 3.8) is 0 Å². The van der Waals surface area contributed by atoms with E-state index in [2.05, 4.69) is 10.6 Å². The van der Waals surface area contributed by atoms with Gasteiger partial charge < -0.3 is 20.1 Å². The molecule has 1 amide bonds. The van der Waals surface area contributed by atoms with Gasteiger partial charge >= 0.3 is 0 Å².